The van der Waals surface area contributed by atoms with Gasteiger partial charge in [0, 0.05) is 5.92 Å². The standard InChI is InChI=1S/C18H23N3O3/c1-12(18(23)24)19-16(22)11-21-15-10-6-5-9-14(15)20-17(21)13-7-3-2-4-8-13/h5-6,9-10,12-13H,2-4,7-8,11H2,1H3,(H,19,22)(H,23,24)/t12-/m0/s1. The Kier molecular flexibility index (Phi) is 4.83. The molecule has 128 valence electrons. The number of benzene rings is 1. The summed E-state index contributed by atoms with van der Waals surface area (Å²) in [6, 6.07) is 6.89. The van der Waals surface area contributed by atoms with Crippen molar-refractivity contribution in [2.45, 2.75) is 57.5 Å². The summed E-state index contributed by atoms with van der Waals surface area (Å²) in [4.78, 5) is 28.0. The van der Waals surface area contributed by atoms with Gasteiger partial charge in [-0.3, -0.25) is 9.59 Å². The second-order valence-corrected chi connectivity index (χ2v) is 6.51. The van der Waals surface area contributed by atoms with Crippen LogP contribution in [-0.4, -0.2) is 32.6 Å². The van der Waals surface area contributed by atoms with E-state index in [2.05, 4.69) is 5.32 Å². The molecule has 1 amide bonds. The van der Waals surface area contributed by atoms with Crippen LogP contribution in [0.4, 0.5) is 0 Å². The third-order valence-corrected chi connectivity index (χ3v) is 4.70. The predicted molar refractivity (Wildman–Crippen MR) is 90.8 cm³/mol. The van der Waals surface area contributed by atoms with Crippen molar-refractivity contribution in [3.05, 3.63) is 30.1 Å². The first-order valence-electron chi connectivity index (χ1n) is 8.53. The highest BCUT2D eigenvalue weighted by Crippen LogP contribution is 2.33. The lowest BCUT2D eigenvalue weighted by molar-refractivity contribution is -0.141. The Morgan fingerprint density at radius 1 is 1.29 bits per heavy atom. The number of carbonyl (C=O) groups excluding carboxylic acids is 1. The summed E-state index contributed by atoms with van der Waals surface area (Å²) in [6.45, 7) is 1.57. The molecule has 3 rings (SSSR count). The van der Waals surface area contributed by atoms with Crippen molar-refractivity contribution in [3.63, 3.8) is 0 Å². The molecule has 0 saturated heterocycles. The van der Waals surface area contributed by atoms with Crippen LogP contribution in [0.5, 0.6) is 0 Å². The first kappa shape index (κ1) is 16.5. The van der Waals surface area contributed by atoms with Gasteiger partial charge >= 0.3 is 5.97 Å². The molecule has 0 aliphatic heterocycles. The fourth-order valence-corrected chi connectivity index (χ4v) is 3.43. The Bertz CT molecular complexity index is 747. The zero-order valence-corrected chi connectivity index (χ0v) is 13.9. The van der Waals surface area contributed by atoms with Crippen molar-refractivity contribution in [3.8, 4) is 0 Å². The summed E-state index contributed by atoms with van der Waals surface area (Å²) in [7, 11) is 0. The molecule has 2 aromatic rings. The molecule has 1 aliphatic carbocycles. The molecule has 0 bridgehead atoms. The molecule has 0 unspecified atom stereocenters. The van der Waals surface area contributed by atoms with E-state index in [0.29, 0.717) is 5.92 Å². The van der Waals surface area contributed by atoms with Crippen LogP contribution < -0.4 is 5.32 Å². The zero-order valence-electron chi connectivity index (χ0n) is 13.9. The van der Waals surface area contributed by atoms with Crippen molar-refractivity contribution < 1.29 is 14.7 Å². The van der Waals surface area contributed by atoms with Crippen molar-refractivity contribution in [1.29, 1.82) is 0 Å². The Labute approximate surface area is 140 Å². The highest BCUT2D eigenvalue weighted by Gasteiger charge is 2.24. The van der Waals surface area contributed by atoms with Crippen LogP contribution >= 0.6 is 0 Å². The predicted octanol–water partition coefficient (Wildman–Crippen LogP) is 2.67. The molecule has 1 aromatic heterocycles. The van der Waals surface area contributed by atoms with Crippen molar-refractivity contribution in [1.82, 2.24) is 14.9 Å². The second-order valence-electron chi connectivity index (χ2n) is 6.51. The molecule has 1 saturated carbocycles. The quantitative estimate of drug-likeness (QED) is 0.883. The largest absolute Gasteiger partial charge is 0.480 e. The van der Waals surface area contributed by atoms with Gasteiger partial charge in [-0.1, -0.05) is 31.4 Å². The number of hydrogen-bond acceptors (Lipinski definition) is 3. The van der Waals surface area contributed by atoms with Gasteiger partial charge in [0.05, 0.1) is 11.0 Å². The van der Waals surface area contributed by atoms with E-state index in [9.17, 15) is 9.59 Å². The second kappa shape index (κ2) is 7.03. The maximum Gasteiger partial charge on any atom is 0.325 e. The summed E-state index contributed by atoms with van der Waals surface area (Å²) in [5, 5.41) is 11.5. The first-order valence-corrected chi connectivity index (χ1v) is 8.53. The summed E-state index contributed by atoms with van der Waals surface area (Å²) in [5.41, 5.74) is 1.81. The number of para-hydroxylation sites is 2. The molecule has 1 fully saturated rings. The normalized spacial score (nSPS) is 16.9. The Hall–Kier alpha value is -2.37. The number of rotatable bonds is 5. The minimum absolute atomic E-state index is 0.101. The van der Waals surface area contributed by atoms with Gasteiger partial charge in [0.1, 0.15) is 18.4 Å². The van der Waals surface area contributed by atoms with E-state index in [-0.39, 0.29) is 12.5 Å². The Morgan fingerprint density at radius 2 is 2.00 bits per heavy atom. The molecular formula is C18H23N3O3. The maximum absolute atomic E-state index is 12.3. The molecule has 1 heterocycles. The fraction of sp³-hybridized carbons (Fsp3) is 0.500. The Morgan fingerprint density at radius 3 is 2.71 bits per heavy atom. The number of carboxylic acids is 1. The smallest absolute Gasteiger partial charge is 0.325 e. The van der Waals surface area contributed by atoms with Crippen molar-refractivity contribution in [2.24, 2.45) is 0 Å². The average Bonchev–Trinajstić information content (AvgIpc) is 2.94. The molecule has 0 spiro atoms. The molecular weight excluding hydrogens is 306 g/mol. The molecule has 6 nitrogen and oxygen atoms in total. The molecule has 2 N–H and O–H groups in total. The highest BCUT2D eigenvalue weighted by atomic mass is 16.4. The maximum atomic E-state index is 12.3. The number of aromatic nitrogens is 2. The average molecular weight is 329 g/mol. The summed E-state index contributed by atoms with van der Waals surface area (Å²) >= 11 is 0. The molecule has 24 heavy (non-hydrogen) atoms. The van der Waals surface area contributed by atoms with Gasteiger partial charge in [0.25, 0.3) is 0 Å². The van der Waals surface area contributed by atoms with Crippen LogP contribution in [0.25, 0.3) is 11.0 Å². The van der Waals surface area contributed by atoms with E-state index in [4.69, 9.17) is 10.1 Å². The topological polar surface area (TPSA) is 84.2 Å². The number of carbonyl (C=O) groups is 2. The van der Waals surface area contributed by atoms with Gasteiger partial charge < -0.3 is 15.0 Å². The number of nitrogens with one attached hydrogen (secondary N) is 1. The fourth-order valence-electron chi connectivity index (χ4n) is 3.43. The molecule has 1 aliphatic rings. The lowest BCUT2D eigenvalue weighted by Gasteiger charge is -2.22. The molecule has 1 aromatic carbocycles. The number of imidazole rings is 1. The Balaban J connectivity index is 1.89. The first-order chi connectivity index (χ1) is 11.6. The van der Waals surface area contributed by atoms with Gasteiger partial charge in [-0.25, -0.2) is 4.98 Å². The van der Waals surface area contributed by atoms with Crippen LogP contribution in [0.1, 0.15) is 50.8 Å². The van der Waals surface area contributed by atoms with Crippen LogP contribution in [0, 0.1) is 0 Å². The van der Waals surface area contributed by atoms with Crippen molar-refractivity contribution in [2.75, 3.05) is 0 Å². The number of nitrogens with zero attached hydrogens (tertiary/aromatic N) is 2. The van der Waals surface area contributed by atoms with Gasteiger partial charge in [0.15, 0.2) is 0 Å². The van der Waals surface area contributed by atoms with Crippen LogP contribution in [0.3, 0.4) is 0 Å². The third-order valence-electron chi connectivity index (χ3n) is 4.70. The van der Waals surface area contributed by atoms with Crippen LogP contribution in [-0.2, 0) is 16.1 Å². The third kappa shape index (κ3) is 3.42. The summed E-state index contributed by atoms with van der Waals surface area (Å²) in [6.07, 6.45) is 5.83. The molecule has 6 heteroatoms. The lowest BCUT2D eigenvalue weighted by atomic mass is 9.88. The van der Waals surface area contributed by atoms with Crippen molar-refractivity contribution >= 4 is 22.9 Å². The number of hydrogen-bond donors (Lipinski definition) is 2. The van der Waals surface area contributed by atoms with E-state index in [1.807, 2.05) is 28.8 Å². The number of carboxylic acid groups (broad SMARTS) is 1. The summed E-state index contributed by atoms with van der Waals surface area (Å²) in [5.74, 6) is -0.0127. The van der Waals surface area contributed by atoms with E-state index in [1.54, 1.807) is 0 Å². The minimum Gasteiger partial charge on any atom is -0.480 e. The van der Waals surface area contributed by atoms with Crippen LogP contribution in [0.2, 0.25) is 0 Å². The zero-order chi connectivity index (χ0) is 17.1. The van der Waals surface area contributed by atoms with Gasteiger partial charge in [-0.05, 0) is 31.9 Å². The number of aliphatic carboxylic acids is 1. The monoisotopic (exact) mass is 329 g/mol. The van der Waals surface area contributed by atoms with E-state index in [1.165, 1.54) is 26.2 Å². The number of amides is 1. The van der Waals surface area contributed by atoms with E-state index >= 15 is 0 Å². The summed E-state index contributed by atoms with van der Waals surface area (Å²) < 4.78 is 1.95. The molecule has 1 atom stereocenters. The molecule has 0 radical (unpaired) electrons. The van der Waals surface area contributed by atoms with E-state index in [0.717, 1.165) is 29.7 Å². The van der Waals surface area contributed by atoms with Gasteiger partial charge in [-0.2, -0.15) is 0 Å². The van der Waals surface area contributed by atoms with Gasteiger partial charge in [-0.15, -0.1) is 0 Å². The lowest BCUT2D eigenvalue weighted by Crippen LogP contribution is -2.40. The van der Waals surface area contributed by atoms with E-state index < -0.39 is 12.0 Å². The number of fused-ring (bicyclic) bond motifs is 1. The highest BCUT2D eigenvalue weighted by molar-refractivity contribution is 5.85. The van der Waals surface area contributed by atoms with Gasteiger partial charge in [0.2, 0.25) is 5.91 Å². The SMILES string of the molecule is C[C@H](NC(=O)Cn1c(C2CCCCC2)nc2ccccc21)C(=O)O. The minimum atomic E-state index is -1.04. The van der Waals surface area contributed by atoms with Crippen LogP contribution in [0.15, 0.2) is 24.3 Å².